The van der Waals surface area contributed by atoms with Crippen LogP contribution in [0.15, 0.2) is 85.1 Å². The van der Waals surface area contributed by atoms with Gasteiger partial charge in [0.15, 0.2) is 0 Å². The number of carbonyl (C=O) groups excluding carboxylic acids is 1. The summed E-state index contributed by atoms with van der Waals surface area (Å²) < 4.78 is 1.71. The van der Waals surface area contributed by atoms with Gasteiger partial charge >= 0.3 is 6.03 Å². The number of rotatable bonds is 4. The fourth-order valence-corrected chi connectivity index (χ4v) is 3.32. The van der Waals surface area contributed by atoms with Gasteiger partial charge in [0.05, 0.1) is 11.9 Å². The van der Waals surface area contributed by atoms with Crippen molar-refractivity contribution in [1.29, 1.82) is 0 Å². The summed E-state index contributed by atoms with van der Waals surface area (Å²) in [5, 5.41) is 10.6. The zero-order valence-electron chi connectivity index (χ0n) is 15.8. The highest BCUT2D eigenvalue weighted by Gasteiger charge is 2.11. The maximum Gasteiger partial charge on any atom is 0.324 e. The maximum atomic E-state index is 12.4. The lowest BCUT2D eigenvalue weighted by Crippen LogP contribution is -2.21. The number of benzene rings is 3. The molecule has 0 aliphatic carbocycles. The first-order chi connectivity index (χ1) is 14.1. The van der Waals surface area contributed by atoms with E-state index in [-0.39, 0.29) is 6.03 Å². The average Bonchev–Trinajstić information content (AvgIpc) is 3.16. The van der Waals surface area contributed by atoms with E-state index in [9.17, 15) is 4.79 Å². The molecule has 0 fully saturated rings. The molecule has 1 heterocycles. The predicted octanol–water partition coefficient (Wildman–Crippen LogP) is 6.15. The normalized spacial score (nSPS) is 10.6. The van der Waals surface area contributed by atoms with Crippen LogP contribution >= 0.6 is 11.6 Å². The SMILES string of the molecule is Cc1cc(-c2ccccc2)cc(-n2nccc2NC(=O)Nc2cccc(Cl)c2)c1. The molecule has 0 spiro atoms. The molecule has 0 unspecified atom stereocenters. The largest absolute Gasteiger partial charge is 0.324 e. The minimum absolute atomic E-state index is 0.370. The molecule has 0 aliphatic heterocycles. The Kier molecular flexibility index (Phi) is 5.31. The second-order valence-corrected chi connectivity index (χ2v) is 7.08. The predicted molar refractivity (Wildman–Crippen MR) is 118 cm³/mol. The number of anilines is 2. The maximum absolute atomic E-state index is 12.4. The van der Waals surface area contributed by atoms with Crippen LogP contribution in [-0.4, -0.2) is 15.8 Å². The molecule has 0 aliphatic rings. The van der Waals surface area contributed by atoms with Crippen LogP contribution in [0.5, 0.6) is 0 Å². The van der Waals surface area contributed by atoms with Crippen molar-refractivity contribution in [3.8, 4) is 16.8 Å². The molecule has 0 saturated carbocycles. The van der Waals surface area contributed by atoms with E-state index in [0.29, 0.717) is 16.5 Å². The van der Waals surface area contributed by atoms with Gasteiger partial charge in [0.2, 0.25) is 0 Å². The molecule has 4 rings (SSSR count). The second kappa shape index (κ2) is 8.20. The third-order valence-corrected chi connectivity index (χ3v) is 4.62. The fraction of sp³-hybridized carbons (Fsp3) is 0.0435. The molecule has 0 radical (unpaired) electrons. The first kappa shape index (κ1) is 18.8. The summed E-state index contributed by atoms with van der Waals surface area (Å²) in [6.07, 6.45) is 1.65. The van der Waals surface area contributed by atoms with Gasteiger partial charge in [0.1, 0.15) is 5.82 Å². The van der Waals surface area contributed by atoms with Crippen molar-refractivity contribution in [2.24, 2.45) is 0 Å². The summed E-state index contributed by atoms with van der Waals surface area (Å²) in [6.45, 7) is 2.04. The number of nitrogens with zero attached hydrogens (tertiary/aromatic N) is 2. The molecule has 5 nitrogen and oxygen atoms in total. The number of amides is 2. The van der Waals surface area contributed by atoms with Gasteiger partial charge < -0.3 is 5.32 Å². The van der Waals surface area contributed by atoms with Crippen LogP contribution in [0.1, 0.15) is 5.56 Å². The lowest BCUT2D eigenvalue weighted by molar-refractivity contribution is 0.262. The highest BCUT2D eigenvalue weighted by Crippen LogP contribution is 2.25. The monoisotopic (exact) mass is 402 g/mol. The summed E-state index contributed by atoms with van der Waals surface area (Å²) in [5.41, 5.74) is 4.80. The van der Waals surface area contributed by atoms with Crippen molar-refractivity contribution < 1.29 is 4.79 Å². The number of halogens is 1. The highest BCUT2D eigenvalue weighted by molar-refractivity contribution is 6.30. The quantitative estimate of drug-likeness (QED) is 0.430. The lowest BCUT2D eigenvalue weighted by Gasteiger charge is -2.12. The standard InChI is InChI=1S/C23H19ClN4O/c1-16-12-18(17-6-3-2-4-7-17)14-21(13-16)28-22(10-11-25-28)27-23(29)26-20-9-5-8-19(24)15-20/h2-15H,1H3,(H2,26,27,29). The molecule has 3 aromatic carbocycles. The molecule has 2 N–H and O–H groups in total. The first-order valence-electron chi connectivity index (χ1n) is 9.13. The minimum atomic E-state index is -0.370. The number of aromatic nitrogens is 2. The molecule has 6 heteroatoms. The van der Waals surface area contributed by atoms with Gasteiger partial charge in [-0.25, -0.2) is 9.48 Å². The fourth-order valence-electron chi connectivity index (χ4n) is 3.13. The number of carbonyl (C=O) groups is 1. The van der Waals surface area contributed by atoms with Crippen LogP contribution in [0.4, 0.5) is 16.3 Å². The molecular formula is C23H19ClN4O. The van der Waals surface area contributed by atoms with E-state index in [1.165, 1.54) is 0 Å². The molecule has 144 valence electrons. The van der Waals surface area contributed by atoms with Crippen molar-refractivity contribution in [2.75, 3.05) is 10.6 Å². The topological polar surface area (TPSA) is 59.0 Å². The molecule has 4 aromatic rings. The molecule has 0 atom stereocenters. The van der Waals surface area contributed by atoms with E-state index >= 15 is 0 Å². The number of hydrogen-bond donors (Lipinski definition) is 2. The van der Waals surface area contributed by atoms with Gasteiger partial charge in [-0.2, -0.15) is 5.10 Å². The number of aryl methyl sites for hydroxylation is 1. The zero-order valence-corrected chi connectivity index (χ0v) is 16.5. The van der Waals surface area contributed by atoms with Gasteiger partial charge in [-0.3, -0.25) is 5.32 Å². The Balaban J connectivity index is 1.59. The van der Waals surface area contributed by atoms with Crippen LogP contribution < -0.4 is 10.6 Å². The Hall–Kier alpha value is -3.57. The summed E-state index contributed by atoms with van der Waals surface area (Å²) in [4.78, 5) is 12.4. The average molecular weight is 403 g/mol. The van der Waals surface area contributed by atoms with Crippen LogP contribution in [0.2, 0.25) is 5.02 Å². The summed E-state index contributed by atoms with van der Waals surface area (Å²) in [5.74, 6) is 0.564. The van der Waals surface area contributed by atoms with Crippen LogP contribution in [0.3, 0.4) is 0 Å². The van der Waals surface area contributed by atoms with Gasteiger partial charge in [-0.15, -0.1) is 0 Å². The smallest absolute Gasteiger partial charge is 0.308 e. The van der Waals surface area contributed by atoms with Crippen LogP contribution in [0.25, 0.3) is 16.8 Å². The molecule has 29 heavy (non-hydrogen) atoms. The molecule has 1 aromatic heterocycles. The third-order valence-electron chi connectivity index (χ3n) is 4.38. The van der Waals surface area contributed by atoms with Gasteiger partial charge in [0.25, 0.3) is 0 Å². The van der Waals surface area contributed by atoms with E-state index in [0.717, 1.165) is 22.4 Å². The van der Waals surface area contributed by atoms with Crippen LogP contribution in [0, 0.1) is 6.92 Å². The van der Waals surface area contributed by atoms with E-state index in [1.807, 2.05) is 31.2 Å². The Morgan fingerprint density at radius 3 is 2.52 bits per heavy atom. The Morgan fingerprint density at radius 2 is 1.72 bits per heavy atom. The number of urea groups is 1. The zero-order chi connectivity index (χ0) is 20.2. The Morgan fingerprint density at radius 1 is 0.897 bits per heavy atom. The van der Waals surface area contributed by atoms with Crippen molar-refractivity contribution in [3.63, 3.8) is 0 Å². The van der Waals surface area contributed by atoms with Gasteiger partial charge in [-0.05, 0) is 53.9 Å². The van der Waals surface area contributed by atoms with Gasteiger partial charge in [0, 0.05) is 16.8 Å². The second-order valence-electron chi connectivity index (χ2n) is 6.64. The highest BCUT2D eigenvalue weighted by atomic mass is 35.5. The molecule has 0 saturated heterocycles. The van der Waals surface area contributed by atoms with Crippen molar-refractivity contribution in [2.45, 2.75) is 6.92 Å². The third kappa shape index (κ3) is 4.47. The summed E-state index contributed by atoms with van der Waals surface area (Å²) in [6, 6.07) is 24.7. The Bertz CT molecular complexity index is 1150. The lowest BCUT2D eigenvalue weighted by atomic mass is 10.0. The number of nitrogens with one attached hydrogen (secondary N) is 2. The van der Waals surface area contributed by atoms with E-state index < -0.39 is 0 Å². The molecular weight excluding hydrogens is 384 g/mol. The summed E-state index contributed by atoms with van der Waals surface area (Å²) in [7, 11) is 0. The number of hydrogen-bond acceptors (Lipinski definition) is 2. The molecule has 2 amide bonds. The minimum Gasteiger partial charge on any atom is -0.308 e. The van der Waals surface area contributed by atoms with E-state index in [2.05, 4.69) is 40.0 Å². The summed E-state index contributed by atoms with van der Waals surface area (Å²) >= 11 is 5.97. The van der Waals surface area contributed by atoms with E-state index in [1.54, 1.807) is 41.2 Å². The van der Waals surface area contributed by atoms with Crippen LogP contribution in [-0.2, 0) is 0 Å². The van der Waals surface area contributed by atoms with Crippen molar-refractivity contribution in [1.82, 2.24) is 9.78 Å². The Labute approximate surface area is 174 Å². The van der Waals surface area contributed by atoms with E-state index in [4.69, 9.17) is 11.6 Å². The van der Waals surface area contributed by atoms with Crippen molar-refractivity contribution in [3.05, 3.63) is 95.6 Å². The van der Waals surface area contributed by atoms with Crippen molar-refractivity contribution >= 4 is 29.1 Å². The first-order valence-corrected chi connectivity index (χ1v) is 9.51. The van der Waals surface area contributed by atoms with Gasteiger partial charge in [-0.1, -0.05) is 54.1 Å². The molecule has 0 bridgehead atoms.